The molecule has 1 aromatic heterocycles. The number of rotatable bonds is 6. The summed E-state index contributed by atoms with van der Waals surface area (Å²) < 4.78 is 5.52. The molecule has 0 radical (unpaired) electrons. The van der Waals surface area contributed by atoms with Crippen LogP contribution >= 0.6 is 0 Å². The Morgan fingerprint density at radius 2 is 1.75 bits per heavy atom. The lowest BCUT2D eigenvalue weighted by atomic mass is 10.0. The quantitative estimate of drug-likeness (QED) is 0.515. The van der Waals surface area contributed by atoms with Gasteiger partial charge in [0.25, 0.3) is 0 Å². The first-order valence-corrected chi connectivity index (χ1v) is 11.5. The van der Waals surface area contributed by atoms with Crippen molar-refractivity contribution in [1.29, 1.82) is 0 Å². The number of hydrogen-bond acceptors (Lipinski definition) is 4. The molecule has 1 fully saturated rings. The Hall–Kier alpha value is -3.08. The summed E-state index contributed by atoms with van der Waals surface area (Å²) in [4.78, 5) is 29.4. The van der Waals surface area contributed by atoms with E-state index >= 15 is 0 Å². The van der Waals surface area contributed by atoms with Crippen LogP contribution in [0.2, 0.25) is 0 Å². The Morgan fingerprint density at radius 3 is 2.47 bits per heavy atom. The minimum atomic E-state index is -0.343. The van der Waals surface area contributed by atoms with Crippen LogP contribution in [0.4, 0.5) is 5.69 Å². The minimum Gasteiger partial charge on any atom is -0.423 e. The topological polar surface area (TPSA) is 53.8 Å². The largest absolute Gasteiger partial charge is 0.423 e. The maximum absolute atomic E-state index is 12.8. The molecular formula is C27H32N2O3. The Balaban J connectivity index is 1.38. The summed E-state index contributed by atoms with van der Waals surface area (Å²) in [6.45, 7) is 6.71. The van der Waals surface area contributed by atoms with Crippen molar-refractivity contribution in [3.63, 3.8) is 0 Å². The molecule has 168 valence electrons. The molecule has 1 amide bonds. The van der Waals surface area contributed by atoms with Crippen LogP contribution in [-0.4, -0.2) is 30.9 Å². The second-order valence-electron chi connectivity index (χ2n) is 8.96. The van der Waals surface area contributed by atoms with Crippen LogP contribution in [0.25, 0.3) is 11.0 Å². The van der Waals surface area contributed by atoms with Gasteiger partial charge in [0.1, 0.15) is 5.58 Å². The number of piperidine rings is 1. The predicted molar refractivity (Wildman–Crippen MR) is 129 cm³/mol. The fourth-order valence-electron chi connectivity index (χ4n) is 4.54. The molecular weight excluding hydrogens is 400 g/mol. The van der Waals surface area contributed by atoms with Crippen molar-refractivity contribution in [2.75, 3.05) is 25.0 Å². The molecule has 4 rings (SSSR count). The fraction of sp³-hybridized carbons (Fsp3) is 0.407. The van der Waals surface area contributed by atoms with Crippen molar-refractivity contribution in [3.05, 3.63) is 75.1 Å². The van der Waals surface area contributed by atoms with Crippen molar-refractivity contribution in [1.82, 2.24) is 4.90 Å². The normalized spacial score (nSPS) is 14.0. The van der Waals surface area contributed by atoms with Gasteiger partial charge in [-0.1, -0.05) is 24.3 Å². The number of amides is 1. The highest BCUT2D eigenvalue weighted by Crippen LogP contribution is 2.22. The van der Waals surface area contributed by atoms with E-state index in [2.05, 4.69) is 29.2 Å². The van der Waals surface area contributed by atoms with Gasteiger partial charge >= 0.3 is 5.63 Å². The van der Waals surface area contributed by atoms with Crippen LogP contribution in [0.15, 0.2) is 51.7 Å². The lowest BCUT2D eigenvalue weighted by Crippen LogP contribution is -2.29. The average Bonchev–Trinajstić information content (AvgIpc) is 2.79. The molecule has 1 saturated heterocycles. The molecule has 1 aliphatic heterocycles. The zero-order valence-electron chi connectivity index (χ0n) is 19.3. The first-order valence-electron chi connectivity index (χ1n) is 11.5. The lowest BCUT2D eigenvalue weighted by molar-refractivity contribution is -0.130. The molecule has 1 aliphatic rings. The summed E-state index contributed by atoms with van der Waals surface area (Å²) in [5.74, 6) is 0.0212. The monoisotopic (exact) mass is 432 g/mol. The molecule has 0 bridgehead atoms. The maximum atomic E-state index is 12.8. The van der Waals surface area contributed by atoms with Gasteiger partial charge in [0.2, 0.25) is 5.91 Å². The summed E-state index contributed by atoms with van der Waals surface area (Å²) in [7, 11) is 1.82. The van der Waals surface area contributed by atoms with E-state index in [0.29, 0.717) is 24.1 Å². The molecule has 5 heteroatoms. The Kier molecular flexibility index (Phi) is 6.63. The van der Waals surface area contributed by atoms with Gasteiger partial charge in [0.05, 0.1) is 0 Å². The van der Waals surface area contributed by atoms with Crippen LogP contribution in [0.3, 0.4) is 0 Å². The van der Waals surface area contributed by atoms with Gasteiger partial charge in [0, 0.05) is 49.7 Å². The molecule has 0 aliphatic carbocycles. The molecule has 0 unspecified atom stereocenters. The third-order valence-electron chi connectivity index (χ3n) is 6.53. The van der Waals surface area contributed by atoms with Gasteiger partial charge in [0.15, 0.2) is 0 Å². The summed E-state index contributed by atoms with van der Waals surface area (Å²) in [6.07, 6.45) is 4.50. The van der Waals surface area contributed by atoms with Crippen LogP contribution in [0.5, 0.6) is 0 Å². The number of nitrogens with zero attached hydrogens (tertiary/aromatic N) is 2. The number of benzene rings is 2. The van der Waals surface area contributed by atoms with Crippen molar-refractivity contribution < 1.29 is 9.21 Å². The van der Waals surface area contributed by atoms with Crippen LogP contribution in [0.1, 0.15) is 47.9 Å². The molecule has 3 aromatic rings. The molecule has 32 heavy (non-hydrogen) atoms. The highest BCUT2D eigenvalue weighted by atomic mass is 16.4. The summed E-state index contributed by atoms with van der Waals surface area (Å²) in [5, 5.41) is 0.930. The highest BCUT2D eigenvalue weighted by molar-refractivity contribution is 5.82. The number of hydrogen-bond donors (Lipinski definition) is 0. The maximum Gasteiger partial charge on any atom is 0.339 e. The van der Waals surface area contributed by atoms with Gasteiger partial charge in [-0.05, 0) is 74.4 Å². The van der Waals surface area contributed by atoms with Crippen LogP contribution in [0, 0.1) is 13.8 Å². The Morgan fingerprint density at radius 1 is 1.03 bits per heavy atom. The molecule has 2 aromatic carbocycles. The van der Waals surface area contributed by atoms with E-state index in [1.807, 2.05) is 39.1 Å². The number of aryl methyl sites for hydroxylation is 2. The van der Waals surface area contributed by atoms with Gasteiger partial charge in [-0.15, -0.1) is 0 Å². The first kappa shape index (κ1) is 22.1. The average molecular weight is 433 g/mol. The molecule has 5 nitrogen and oxygen atoms in total. The van der Waals surface area contributed by atoms with E-state index in [1.165, 1.54) is 24.9 Å². The molecule has 0 N–H and O–H groups in total. The van der Waals surface area contributed by atoms with Crippen LogP contribution < -0.4 is 10.5 Å². The molecule has 0 atom stereocenters. The minimum absolute atomic E-state index is 0.0212. The lowest BCUT2D eigenvalue weighted by Gasteiger charge is -2.29. The van der Waals surface area contributed by atoms with E-state index in [4.69, 9.17) is 4.42 Å². The van der Waals surface area contributed by atoms with E-state index in [-0.39, 0.29) is 18.0 Å². The zero-order chi connectivity index (χ0) is 22.7. The zero-order valence-corrected chi connectivity index (χ0v) is 19.3. The molecule has 2 heterocycles. The van der Waals surface area contributed by atoms with Crippen molar-refractivity contribution in [3.8, 4) is 0 Å². The third-order valence-corrected chi connectivity index (χ3v) is 6.53. The Bertz CT molecular complexity index is 1160. The predicted octanol–water partition coefficient (Wildman–Crippen LogP) is 4.99. The highest BCUT2D eigenvalue weighted by Gasteiger charge is 2.16. The summed E-state index contributed by atoms with van der Waals surface area (Å²) >= 11 is 0. The summed E-state index contributed by atoms with van der Waals surface area (Å²) in [6, 6.07) is 14.4. The second kappa shape index (κ2) is 9.60. The number of anilines is 1. The molecule has 0 saturated carbocycles. The van der Waals surface area contributed by atoms with Gasteiger partial charge in [-0.2, -0.15) is 0 Å². The van der Waals surface area contributed by atoms with Gasteiger partial charge < -0.3 is 14.2 Å². The van der Waals surface area contributed by atoms with E-state index in [0.717, 1.165) is 35.2 Å². The second-order valence-corrected chi connectivity index (χ2v) is 8.96. The smallest absolute Gasteiger partial charge is 0.339 e. The Labute approximate surface area is 189 Å². The van der Waals surface area contributed by atoms with Gasteiger partial charge in [-0.25, -0.2) is 4.79 Å². The SMILES string of the molecule is Cc1ccc2c(C)c(CCC(=O)N(C)Cc3ccc(N4CCCCC4)cc3)c(=O)oc2c1. The van der Waals surface area contributed by atoms with Crippen molar-refractivity contribution in [2.45, 2.75) is 52.5 Å². The van der Waals surface area contributed by atoms with Crippen molar-refractivity contribution >= 4 is 22.6 Å². The summed E-state index contributed by atoms with van der Waals surface area (Å²) in [5.41, 5.74) is 5.18. The third kappa shape index (κ3) is 4.87. The standard InChI is InChI=1S/C27H32N2O3/c1-19-7-12-23-20(2)24(27(31)32-25(23)17-19)13-14-26(30)28(3)18-21-8-10-22(11-9-21)29-15-5-4-6-16-29/h7-12,17H,4-6,13-16,18H2,1-3H3. The van der Waals surface area contributed by atoms with E-state index < -0.39 is 0 Å². The molecule has 0 spiro atoms. The fourth-order valence-corrected chi connectivity index (χ4v) is 4.54. The van der Waals surface area contributed by atoms with Crippen LogP contribution in [-0.2, 0) is 17.8 Å². The van der Waals surface area contributed by atoms with Gasteiger partial charge in [-0.3, -0.25) is 4.79 Å². The number of carbonyl (C=O) groups is 1. The number of carbonyl (C=O) groups excluding carboxylic acids is 1. The van der Waals surface area contributed by atoms with E-state index in [1.54, 1.807) is 4.90 Å². The first-order chi connectivity index (χ1) is 15.4. The van der Waals surface area contributed by atoms with E-state index in [9.17, 15) is 9.59 Å². The number of fused-ring (bicyclic) bond motifs is 1. The van der Waals surface area contributed by atoms with Crippen molar-refractivity contribution in [2.24, 2.45) is 0 Å².